The zero-order valence-corrected chi connectivity index (χ0v) is 14.5. The van der Waals surface area contributed by atoms with Crippen LogP contribution in [0.3, 0.4) is 0 Å². The highest BCUT2D eigenvalue weighted by Gasteiger charge is 2.14. The van der Waals surface area contributed by atoms with Crippen LogP contribution in [0.4, 0.5) is 0 Å². The number of hydrogen-bond acceptors (Lipinski definition) is 6. The average Bonchev–Trinajstić information content (AvgIpc) is 2.92. The number of benzene rings is 1. The molecule has 0 unspecified atom stereocenters. The van der Waals surface area contributed by atoms with Crippen LogP contribution in [0, 0.1) is 0 Å². The van der Waals surface area contributed by atoms with E-state index in [-0.39, 0.29) is 24.1 Å². The lowest BCUT2D eigenvalue weighted by atomic mass is 10.2. The number of nitrogens with zero attached hydrogens (tertiary/aromatic N) is 3. The molecule has 2 rings (SSSR count). The summed E-state index contributed by atoms with van der Waals surface area (Å²) in [5.74, 6) is 0.322. The Bertz CT molecular complexity index is 688. The molecule has 24 heavy (non-hydrogen) atoms. The number of carbonyl (C=O) groups is 2. The average molecular weight is 348 g/mol. The fourth-order valence-electron chi connectivity index (χ4n) is 1.94. The zero-order valence-electron chi connectivity index (χ0n) is 13.7. The molecule has 2 aromatic rings. The summed E-state index contributed by atoms with van der Waals surface area (Å²) in [5, 5.41) is 11.4. The molecular weight excluding hydrogens is 328 g/mol. The molecule has 7 nitrogen and oxygen atoms in total. The molecule has 1 heterocycles. The van der Waals surface area contributed by atoms with E-state index in [1.54, 1.807) is 18.5 Å². The Hall–Kier alpha value is -2.35. The quantitative estimate of drug-likeness (QED) is 0.572. The lowest BCUT2D eigenvalue weighted by molar-refractivity contribution is -0.142. The minimum Gasteiger partial charge on any atom is -0.466 e. The van der Waals surface area contributed by atoms with Crippen molar-refractivity contribution >= 4 is 23.6 Å². The SMILES string of the molecule is CCOC(=O)Cc1nnc(SCC(=O)NCc2ccccc2)n1C. The van der Waals surface area contributed by atoms with E-state index in [4.69, 9.17) is 4.74 Å². The molecule has 0 spiro atoms. The Morgan fingerprint density at radius 3 is 2.71 bits per heavy atom. The smallest absolute Gasteiger partial charge is 0.313 e. The van der Waals surface area contributed by atoms with Crippen LogP contribution in [0.15, 0.2) is 35.5 Å². The van der Waals surface area contributed by atoms with Gasteiger partial charge in [-0.05, 0) is 12.5 Å². The summed E-state index contributed by atoms with van der Waals surface area (Å²) in [6.45, 7) is 2.58. The number of ether oxygens (including phenoxy) is 1. The monoisotopic (exact) mass is 348 g/mol. The molecule has 1 amide bonds. The molecule has 0 aliphatic carbocycles. The van der Waals surface area contributed by atoms with Gasteiger partial charge in [-0.25, -0.2) is 0 Å². The standard InChI is InChI=1S/C16H20N4O3S/c1-3-23-15(22)9-13-18-19-16(20(13)2)24-11-14(21)17-10-12-7-5-4-6-8-12/h4-8H,3,9-11H2,1-2H3,(H,17,21). The summed E-state index contributed by atoms with van der Waals surface area (Å²) in [7, 11) is 1.76. The van der Waals surface area contributed by atoms with Crippen LogP contribution in [0.2, 0.25) is 0 Å². The molecule has 0 aliphatic heterocycles. The van der Waals surface area contributed by atoms with Gasteiger partial charge >= 0.3 is 5.97 Å². The van der Waals surface area contributed by atoms with Crippen molar-refractivity contribution in [3.05, 3.63) is 41.7 Å². The lowest BCUT2D eigenvalue weighted by Crippen LogP contribution is -2.24. The van der Waals surface area contributed by atoms with E-state index in [0.29, 0.717) is 24.1 Å². The Balaban J connectivity index is 1.80. The van der Waals surface area contributed by atoms with Crippen molar-refractivity contribution in [2.45, 2.75) is 25.0 Å². The lowest BCUT2D eigenvalue weighted by Gasteiger charge is -2.06. The van der Waals surface area contributed by atoms with Gasteiger partial charge < -0.3 is 14.6 Å². The van der Waals surface area contributed by atoms with Crippen molar-refractivity contribution in [1.82, 2.24) is 20.1 Å². The van der Waals surface area contributed by atoms with Crippen LogP contribution in [-0.2, 0) is 34.3 Å². The molecule has 128 valence electrons. The van der Waals surface area contributed by atoms with Crippen molar-refractivity contribution < 1.29 is 14.3 Å². The molecule has 8 heteroatoms. The largest absolute Gasteiger partial charge is 0.466 e. The van der Waals surface area contributed by atoms with Crippen LogP contribution in [0.1, 0.15) is 18.3 Å². The van der Waals surface area contributed by atoms with Gasteiger partial charge in [0.25, 0.3) is 0 Å². The Morgan fingerprint density at radius 2 is 2.00 bits per heavy atom. The summed E-state index contributed by atoms with van der Waals surface area (Å²) in [4.78, 5) is 23.4. The van der Waals surface area contributed by atoms with Crippen molar-refractivity contribution in [1.29, 1.82) is 0 Å². The van der Waals surface area contributed by atoms with E-state index in [1.807, 2.05) is 30.3 Å². The second-order valence-electron chi connectivity index (χ2n) is 4.99. The number of hydrogen-bond donors (Lipinski definition) is 1. The summed E-state index contributed by atoms with van der Waals surface area (Å²) in [6.07, 6.45) is 0.0676. The van der Waals surface area contributed by atoms with Crippen molar-refractivity contribution in [3.63, 3.8) is 0 Å². The molecule has 0 fully saturated rings. The summed E-state index contributed by atoms with van der Waals surface area (Å²) in [5.41, 5.74) is 1.05. The fraction of sp³-hybridized carbons (Fsp3) is 0.375. The summed E-state index contributed by atoms with van der Waals surface area (Å²) in [6, 6.07) is 9.71. The van der Waals surface area contributed by atoms with E-state index in [0.717, 1.165) is 5.56 Å². The van der Waals surface area contributed by atoms with Crippen LogP contribution < -0.4 is 5.32 Å². The summed E-state index contributed by atoms with van der Waals surface area (Å²) < 4.78 is 6.59. The molecule has 0 saturated heterocycles. The normalized spacial score (nSPS) is 10.4. The number of aromatic nitrogens is 3. The highest BCUT2D eigenvalue weighted by atomic mass is 32.2. The van der Waals surface area contributed by atoms with Gasteiger partial charge in [0.2, 0.25) is 5.91 Å². The third kappa shape index (κ3) is 5.38. The van der Waals surface area contributed by atoms with E-state index < -0.39 is 0 Å². The van der Waals surface area contributed by atoms with Gasteiger partial charge in [-0.15, -0.1) is 10.2 Å². The van der Waals surface area contributed by atoms with Crippen LogP contribution in [0.25, 0.3) is 0 Å². The maximum absolute atomic E-state index is 11.9. The van der Waals surface area contributed by atoms with Gasteiger partial charge in [-0.3, -0.25) is 9.59 Å². The number of amides is 1. The molecular formula is C16H20N4O3S. The van der Waals surface area contributed by atoms with Crippen LogP contribution >= 0.6 is 11.8 Å². The molecule has 0 saturated carbocycles. The molecule has 1 N–H and O–H groups in total. The highest BCUT2D eigenvalue weighted by Crippen LogP contribution is 2.15. The second kappa shape index (κ2) is 9.07. The van der Waals surface area contributed by atoms with Crippen LogP contribution in [0.5, 0.6) is 0 Å². The number of carbonyl (C=O) groups excluding carboxylic acids is 2. The Kier molecular flexibility index (Phi) is 6.80. The van der Waals surface area contributed by atoms with Crippen LogP contribution in [-0.4, -0.2) is 39.0 Å². The molecule has 1 aromatic carbocycles. The maximum Gasteiger partial charge on any atom is 0.313 e. The molecule has 0 radical (unpaired) electrons. The van der Waals surface area contributed by atoms with Gasteiger partial charge in [-0.1, -0.05) is 42.1 Å². The predicted molar refractivity (Wildman–Crippen MR) is 90.4 cm³/mol. The van der Waals surface area contributed by atoms with Crippen molar-refractivity contribution in [2.24, 2.45) is 7.05 Å². The topological polar surface area (TPSA) is 86.1 Å². The van der Waals surface area contributed by atoms with Gasteiger partial charge in [0.1, 0.15) is 12.2 Å². The molecule has 0 bridgehead atoms. The Morgan fingerprint density at radius 1 is 1.25 bits per heavy atom. The number of rotatable bonds is 8. The minimum absolute atomic E-state index is 0.0676. The number of esters is 1. The maximum atomic E-state index is 11.9. The van der Waals surface area contributed by atoms with Gasteiger partial charge in [0, 0.05) is 13.6 Å². The predicted octanol–water partition coefficient (Wildman–Crippen LogP) is 1.33. The first-order valence-corrected chi connectivity index (χ1v) is 8.56. The number of nitrogens with one attached hydrogen (secondary N) is 1. The highest BCUT2D eigenvalue weighted by molar-refractivity contribution is 7.99. The molecule has 0 aliphatic rings. The fourth-order valence-corrected chi connectivity index (χ4v) is 2.70. The molecule has 1 aromatic heterocycles. The number of thioether (sulfide) groups is 1. The van der Waals surface area contributed by atoms with Gasteiger partial charge in [0.15, 0.2) is 5.16 Å². The van der Waals surface area contributed by atoms with E-state index in [9.17, 15) is 9.59 Å². The first-order valence-electron chi connectivity index (χ1n) is 7.57. The first-order chi connectivity index (χ1) is 11.6. The van der Waals surface area contributed by atoms with Gasteiger partial charge in [-0.2, -0.15) is 0 Å². The zero-order chi connectivity index (χ0) is 17.4. The van der Waals surface area contributed by atoms with Crippen molar-refractivity contribution in [3.8, 4) is 0 Å². The van der Waals surface area contributed by atoms with E-state index in [1.165, 1.54) is 11.8 Å². The first kappa shape index (κ1) is 18.0. The van der Waals surface area contributed by atoms with E-state index >= 15 is 0 Å². The Labute approximate surface area is 144 Å². The van der Waals surface area contributed by atoms with Crippen molar-refractivity contribution in [2.75, 3.05) is 12.4 Å². The minimum atomic E-state index is -0.342. The third-order valence-corrected chi connectivity index (χ3v) is 4.22. The second-order valence-corrected chi connectivity index (χ2v) is 5.93. The molecule has 0 atom stereocenters. The third-order valence-electron chi connectivity index (χ3n) is 3.20. The summed E-state index contributed by atoms with van der Waals surface area (Å²) >= 11 is 1.28. The van der Waals surface area contributed by atoms with Gasteiger partial charge in [0.05, 0.1) is 12.4 Å². The van der Waals surface area contributed by atoms with E-state index in [2.05, 4.69) is 15.5 Å².